The average Bonchev–Trinajstić information content (AvgIpc) is 2.30. The van der Waals surface area contributed by atoms with E-state index in [9.17, 15) is 4.79 Å². The molecule has 0 bridgehead atoms. The summed E-state index contributed by atoms with van der Waals surface area (Å²) in [6.07, 6.45) is 2.94. The molecule has 0 aromatic rings. The van der Waals surface area contributed by atoms with Crippen LogP contribution in [0.2, 0.25) is 0 Å². The van der Waals surface area contributed by atoms with Gasteiger partial charge in [0.2, 0.25) is 0 Å². The van der Waals surface area contributed by atoms with E-state index in [0.29, 0.717) is 11.3 Å². The van der Waals surface area contributed by atoms with Crippen molar-refractivity contribution in [2.75, 3.05) is 0 Å². The zero-order valence-corrected chi connectivity index (χ0v) is 5.96. The smallest absolute Gasteiger partial charge is 0.339 e. The molecule has 2 aliphatic heterocycles. The van der Waals surface area contributed by atoms with Crippen molar-refractivity contribution in [1.29, 1.82) is 0 Å². The van der Waals surface area contributed by atoms with E-state index < -0.39 is 0 Å². The monoisotopic (exact) mass is 150 g/mol. The van der Waals surface area contributed by atoms with E-state index in [1.54, 1.807) is 13.0 Å². The highest BCUT2D eigenvalue weighted by Crippen LogP contribution is 2.22. The predicted octanol–water partition coefficient (Wildman–Crippen LogP) is 1.65. The molecule has 3 nitrogen and oxygen atoms in total. The molecule has 3 heteroatoms. The van der Waals surface area contributed by atoms with Gasteiger partial charge < -0.3 is 8.83 Å². The quantitative estimate of drug-likeness (QED) is 0.573. The van der Waals surface area contributed by atoms with Crippen molar-refractivity contribution in [3.8, 4) is 11.3 Å². The Morgan fingerprint density at radius 2 is 2.27 bits per heavy atom. The molecule has 2 aliphatic rings. The van der Waals surface area contributed by atoms with Crippen LogP contribution in [0.4, 0.5) is 0 Å². The first-order valence-electron chi connectivity index (χ1n) is 3.24. The van der Waals surface area contributed by atoms with Crippen molar-refractivity contribution < 1.29 is 8.83 Å². The first-order chi connectivity index (χ1) is 5.29. The number of rotatable bonds is 0. The van der Waals surface area contributed by atoms with E-state index in [4.69, 9.17) is 8.83 Å². The lowest BCUT2D eigenvalue weighted by Gasteiger charge is -1.91. The molecule has 0 amide bonds. The highest BCUT2D eigenvalue weighted by molar-refractivity contribution is 5.60. The van der Waals surface area contributed by atoms with Crippen LogP contribution in [0.5, 0.6) is 0 Å². The van der Waals surface area contributed by atoms with E-state index in [1.165, 1.54) is 12.5 Å². The van der Waals surface area contributed by atoms with Crippen molar-refractivity contribution in [1.82, 2.24) is 0 Å². The van der Waals surface area contributed by atoms with Crippen molar-refractivity contribution >= 4 is 0 Å². The van der Waals surface area contributed by atoms with Gasteiger partial charge in [0, 0.05) is 11.1 Å². The van der Waals surface area contributed by atoms with Gasteiger partial charge in [-0.2, -0.15) is 0 Å². The van der Waals surface area contributed by atoms with Crippen LogP contribution in [0.25, 0.3) is 11.3 Å². The van der Waals surface area contributed by atoms with Crippen LogP contribution in [0.1, 0.15) is 5.56 Å². The predicted molar refractivity (Wildman–Crippen MR) is 38.6 cm³/mol. The zero-order valence-electron chi connectivity index (χ0n) is 5.96. The summed E-state index contributed by atoms with van der Waals surface area (Å²) in [6.45, 7) is 1.73. The largest absolute Gasteiger partial charge is 0.469 e. The summed E-state index contributed by atoms with van der Waals surface area (Å²) in [5, 5.41) is 0. The van der Waals surface area contributed by atoms with Crippen LogP contribution in [-0.2, 0) is 0 Å². The lowest BCUT2D eigenvalue weighted by atomic mass is 10.2. The number of hydrogen-bond donors (Lipinski definition) is 0. The van der Waals surface area contributed by atoms with E-state index in [1.807, 2.05) is 0 Å². The fraction of sp³-hybridized carbons (Fsp3) is 0.125. The van der Waals surface area contributed by atoms with Gasteiger partial charge in [-0.3, -0.25) is 0 Å². The standard InChI is InChI=1S/C8H6O3/c1-5-6-2-3-10-4-7(6)11-8(5)9/h2-4H,1H3. The normalized spacial score (nSPS) is 10.6. The molecule has 0 aromatic heterocycles. The Bertz CT molecular complexity index is 396. The number of fused-ring (bicyclic) bond motifs is 1. The molecule has 0 saturated heterocycles. The minimum Gasteiger partial charge on any atom is -0.469 e. The summed E-state index contributed by atoms with van der Waals surface area (Å²) >= 11 is 0. The van der Waals surface area contributed by atoms with Crippen molar-refractivity contribution in [3.63, 3.8) is 0 Å². The molecule has 0 aliphatic carbocycles. The van der Waals surface area contributed by atoms with Crippen molar-refractivity contribution in [3.05, 3.63) is 34.6 Å². The van der Waals surface area contributed by atoms with Crippen LogP contribution in [0.15, 0.2) is 32.2 Å². The van der Waals surface area contributed by atoms with E-state index in [2.05, 4.69) is 0 Å². The van der Waals surface area contributed by atoms with Gasteiger partial charge in [-0.25, -0.2) is 4.79 Å². The zero-order chi connectivity index (χ0) is 7.84. The lowest BCUT2D eigenvalue weighted by Crippen LogP contribution is -1.93. The second-order valence-corrected chi connectivity index (χ2v) is 2.35. The van der Waals surface area contributed by atoms with Gasteiger partial charge >= 0.3 is 5.63 Å². The van der Waals surface area contributed by atoms with Crippen LogP contribution in [-0.4, -0.2) is 0 Å². The third-order valence-electron chi connectivity index (χ3n) is 1.67. The molecule has 11 heavy (non-hydrogen) atoms. The van der Waals surface area contributed by atoms with Crippen LogP contribution < -0.4 is 5.63 Å². The van der Waals surface area contributed by atoms with Gasteiger partial charge in [-0.15, -0.1) is 0 Å². The van der Waals surface area contributed by atoms with Crippen molar-refractivity contribution in [2.45, 2.75) is 6.92 Å². The Hall–Kier alpha value is -1.51. The molecule has 0 atom stereocenters. The van der Waals surface area contributed by atoms with E-state index in [-0.39, 0.29) is 5.63 Å². The number of hydrogen-bond acceptors (Lipinski definition) is 3. The van der Waals surface area contributed by atoms with Crippen LogP contribution in [0, 0.1) is 6.92 Å². The molecule has 0 unspecified atom stereocenters. The Morgan fingerprint density at radius 3 is 3.00 bits per heavy atom. The van der Waals surface area contributed by atoms with Crippen molar-refractivity contribution in [2.24, 2.45) is 0 Å². The summed E-state index contributed by atoms with van der Waals surface area (Å²) in [6, 6.07) is 1.72. The fourth-order valence-corrected chi connectivity index (χ4v) is 1.03. The molecular weight excluding hydrogens is 144 g/mol. The van der Waals surface area contributed by atoms with Gasteiger partial charge in [-0.1, -0.05) is 0 Å². The fourth-order valence-electron chi connectivity index (χ4n) is 1.03. The first-order valence-corrected chi connectivity index (χ1v) is 3.24. The summed E-state index contributed by atoms with van der Waals surface area (Å²) in [7, 11) is 0. The Kier molecular flexibility index (Phi) is 1.12. The lowest BCUT2D eigenvalue weighted by molar-refractivity contribution is 0.493. The Labute approximate surface area is 62.6 Å². The second kappa shape index (κ2) is 1.99. The topological polar surface area (TPSA) is 43.4 Å². The number of furan rings is 1. The highest BCUT2D eigenvalue weighted by atomic mass is 16.4. The second-order valence-electron chi connectivity index (χ2n) is 2.35. The molecule has 0 N–H and O–H groups in total. The molecule has 0 radical (unpaired) electrons. The first kappa shape index (κ1) is 6.22. The highest BCUT2D eigenvalue weighted by Gasteiger charge is 2.12. The molecule has 0 fully saturated rings. The minimum atomic E-state index is -0.290. The van der Waals surface area contributed by atoms with Crippen LogP contribution >= 0.6 is 0 Å². The molecule has 2 rings (SSSR count). The summed E-state index contributed by atoms with van der Waals surface area (Å²) in [4.78, 5) is 10.9. The molecule has 2 heterocycles. The van der Waals surface area contributed by atoms with Gasteiger partial charge in [0.05, 0.1) is 6.26 Å². The molecule has 0 aromatic carbocycles. The van der Waals surface area contributed by atoms with E-state index >= 15 is 0 Å². The van der Waals surface area contributed by atoms with Crippen LogP contribution in [0.3, 0.4) is 0 Å². The summed E-state index contributed by atoms with van der Waals surface area (Å²) in [5.74, 6) is 0.509. The van der Waals surface area contributed by atoms with Gasteiger partial charge in [-0.05, 0) is 13.0 Å². The maximum atomic E-state index is 10.9. The van der Waals surface area contributed by atoms with Gasteiger partial charge in [0.15, 0.2) is 5.76 Å². The maximum Gasteiger partial charge on any atom is 0.339 e. The SMILES string of the molecule is Cc1c2ccocc-2oc1=O. The third-order valence-corrected chi connectivity index (χ3v) is 1.67. The molecular formula is C8H6O3. The molecule has 0 spiro atoms. The van der Waals surface area contributed by atoms with Gasteiger partial charge in [0.25, 0.3) is 0 Å². The Morgan fingerprint density at radius 1 is 1.45 bits per heavy atom. The van der Waals surface area contributed by atoms with E-state index in [0.717, 1.165) is 5.56 Å². The molecule has 0 saturated carbocycles. The average molecular weight is 150 g/mol. The van der Waals surface area contributed by atoms with Gasteiger partial charge in [0.1, 0.15) is 6.26 Å². The molecule has 56 valence electrons. The minimum absolute atomic E-state index is 0.290. The third kappa shape index (κ3) is 0.774. The summed E-state index contributed by atoms with van der Waals surface area (Å²) in [5.41, 5.74) is 1.17. The summed E-state index contributed by atoms with van der Waals surface area (Å²) < 4.78 is 9.68. The maximum absolute atomic E-state index is 10.9. The Balaban J connectivity index is 2.91.